The van der Waals surface area contributed by atoms with Crippen molar-refractivity contribution in [3.63, 3.8) is 0 Å². The van der Waals surface area contributed by atoms with E-state index in [9.17, 15) is 5.11 Å². The van der Waals surface area contributed by atoms with Crippen LogP contribution in [0.4, 0.5) is 5.69 Å². The summed E-state index contributed by atoms with van der Waals surface area (Å²) in [4.78, 5) is 6.68. The third-order valence-electron chi connectivity index (χ3n) is 4.71. The lowest BCUT2D eigenvalue weighted by Crippen LogP contribution is -2.53. The standard InChI is InChI=1S/C16H28N6OS/c1-17-15(18-11-16(23)5-7-24-12-16)20-13-4-3-6-22(9-13)14-8-19-21(2)10-14/h8,10,13,23H,3-7,9,11-12H2,1-2H3,(H2,17,18,20). The van der Waals surface area contributed by atoms with E-state index in [0.717, 1.165) is 49.8 Å². The van der Waals surface area contributed by atoms with Gasteiger partial charge in [-0.2, -0.15) is 16.9 Å². The highest BCUT2D eigenvalue weighted by molar-refractivity contribution is 7.99. The molecule has 24 heavy (non-hydrogen) atoms. The van der Waals surface area contributed by atoms with E-state index in [2.05, 4.69) is 31.8 Å². The summed E-state index contributed by atoms with van der Waals surface area (Å²) in [5.41, 5.74) is 0.570. The van der Waals surface area contributed by atoms with E-state index in [4.69, 9.17) is 0 Å². The van der Waals surface area contributed by atoms with Crippen LogP contribution in [0.25, 0.3) is 0 Å². The molecule has 0 amide bonds. The number of aliphatic imine (C=N–C) groups is 1. The number of anilines is 1. The second kappa shape index (κ2) is 7.65. The second-order valence-electron chi connectivity index (χ2n) is 6.75. The molecule has 134 valence electrons. The zero-order valence-corrected chi connectivity index (χ0v) is 15.3. The van der Waals surface area contributed by atoms with Crippen LogP contribution in [0.1, 0.15) is 19.3 Å². The zero-order valence-electron chi connectivity index (χ0n) is 14.5. The molecule has 7 nitrogen and oxygen atoms in total. The monoisotopic (exact) mass is 352 g/mol. The highest BCUT2D eigenvalue weighted by Crippen LogP contribution is 2.27. The Morgan fingerprint density at radius 3 is 3.12 bits per heavy atom. The molecular weight excluding hydrogens is 324 g/mol. The minimum Gasteiger partial charge on any atom is -0.387 e. The van der Waals surface area contributed by atoms with Crippen molar-refractivity contribution in [2.75, 3.05) is 43.1 Å². The predicted molar refractivity (Wildman–Crippen MR) is 99.8 cm³/mol. The Labute approximate surface area is 147 Å². The zero-order chi connectivity index (χ0) is 17.0. The summed E-state index contributed by atoms with van der Waals surface area (Å²) in [6, 6.07) is 0.345. The van der Waals surface area contributed by atoms with Crippen LogP contribution in [0.3, 0.4) is 0 Å². The molecule has 0 aromatic carbocycles. The van der Waals surface area contributed by atoms with E-state index in [1.165, 1.54) is 5.69 Å². The van der Waals surface area contributed by atoms with E-state index in [1.807, 2.05) is 29.7 Å². The summed E-state index contributed by atoms with van der Waals surface area (Å²) in [5, 5.41) is 21.5. The highest BCUT2D eigenvalue weighted by atomic mass is 32.2. The molecule has 0 radical (unpaired) electrons. The Balaban J connectivity index is 1.51. The molecule has 1 aromatic heterocycles. The lowest BCUT2D eigenvalue weighted by atomic mass is 10.0. The number of thioether (sulfide) groups is 1. The fraction of sp³-hybridized carbons (Fsp3) is 0.750. The minimum atomic E-state index is -0.601. The van der Waals surface area contributed by atoms with Gasteiger partial charge in [0.25, 0.3) is 0 Å². The Morgan fingerprint density at radius 1 is 1.58 bits per heavy atom. The summed E-state index contributed by atoms with van der Waals surface area (Å²) >= 11 is 1.81. The molecule has 2 aliphatic rings. The van der Waals surface area contributed by atoms with Gasteiger partial charge in [-0.25, -0.2) is 0 Å². The molecule has 2 atom stereocenters. The number of hydrogen-bond acceptors (Lipinski definition) is 5. The number of aliphatic hydroxyl groups is 1. The fourth-order valence-electron chi connectivity index (χ4n) is 3.27. The van der Waals surface area contributed by atoms with E-state index < -0.39 is 5.60 Å². The Kier molecular flexibility index (Phi) is 5.55. The first kappa shape index (κ1) is 17.4. The van der Waals surface area contributed by atoms with Gasteiger partial charge in [-0.3, -0.25) is 9.67 Å². The van der Waals surface area contributed by atoms with Gasteiger partial charge in [-0.05, 0) is 25.0 Å². The van der Waals surface area contributed by atoms with Gasteiger partial charge in [0, 0.05) is 51.7 Å². The molecule has 2 unspecified atom stereocenters. The average Bonchev–Trinajstić information content (AvgIpc) is 3.21. The number of aromatic nitrogens is 2. The minimum absolute atomic E-state index is 0.345. The Hall–Kier alpha value is -1.41. The van der Waals surface area contributed by atoms with Crippen LogP contribution in [0.15, 0.2) is 17.4 Å². The molecule has 3 heterocycles. The van der Waals surface area contributed by atoms with E-state index in [-0.39, 0.29) is 0 Å². The third-order valence-corrected chi connectivity index (χ3v) is 5.94. The molecule has 0 aliphatic carbocycles. The van der Waals surface area contributed by atoms with Crippen molar-refractivity contribution in [3.8, 4) is 0 Å². The number of nitrogens with one attached hydrogen (secondary N) is 2. The van der Waals surface area contributed by atoms with Crippen molar-refractivity contribution in [1.82, 2.24) is 20.4 Å². The van der Waals surface area contributed by atoms with Crippen LogP contribution in [0, 0.1) is 0 Å². The van der Waals surface area contributed by atoms with Crippen LogP contribution in [0.5, 0.6) is 0 Å². The smallest absolute Gasteiger partial charge is 0.191 e. The Bertz CT molecular complexity index is 569. The van der Waals surface area contributed by atoms with Crippen molar-refractivity contribution in [2.24, 2.45) is 12.0 Å². The van der Waals surface area contributed by atoms with Gasteiger partial charge >= 0.3 is 0 Å². The van der Waals surface area contributed by atoms with Crippen molar-refractivity contribution in [1.29, 1.82) is 0 Å². The lowest BCUT2D eigenvalue weighted by molar-refractivity contribution is 0.0723. The number of piperidine rings is 1. The van der Waals surface area contributed by atoms with Crippen molar-refractivity contribution in [2.45, 2.75) is 30.9 Å². The fourth-order valence-corrected chi connectivity index (χ4v) is 4.57. The summed E-state index contributed by atoms with van der Waals surface area (Å²) in [5.74, 6) is 2.61. The first-order chi connectivity index (χ1) is 11.6. The molecule has 8 heteroatoms. The summed E-state index contributed by atoms with van der Waals surface area (Å²) in [6.07, 6.45) is 7.09. The van der Waals surface area contributed by atoms with Crippen molar-refractivity contribution < 1.29 is 5.11 Å². The molecule has 1 aromatic rings. The molecule has 0 spiro atoms. The largest absolute Gasteiger partial charge is 0.387 e. The predicted octanol–water partition coefficient (Wildman–Crippen LogP) is 0.422. The number of hydrogen-bond donors (Lipinski definition) is 3. The number of nitrogens with zero attached hydrogens (tertiary/aromatic N) is 4. The van der Waals surface area contributed by atoms with Crippen LogP contribution in [0.2, 0.25) is 0 Å². The maximum atomic E-state index is 10.5. The first-order valence-corrected chi connectivity index (χ1v) is 9.74. The molecular formula is C16H28N6OS. The van der Waals surface area contributed by atoms with E-state index in [1.54, 1.807) is 7.05 Å². The molecule has 3 rings (SSSR count). The van der Waals surface area contributed by atoms with Crippen LogP contribution >= 0.6 is 11.8 Å². The van der Waals surface area contributed by atoms with Gasteiger partial charge in [0.1, 0.15) is 0 Å². The summed E-state index contributed by atoms with van der Waals surface area (Å²) in [7, 11) is 3.73. The van der Waals surface area contributed by atoms with Gasteiger partial charge < -0.3 is 20.6 Å². The molecule has 2 aliphatic heterocycles. The van der Waals surface area contributed by atoms with Crippen LogP contribution in [-0.2, 0) is 7.05 Å². The summed E-state index contributed by atoms with van der Waals surface area (Å²) in [6.45, 7) is 2.55. The maximum Gasteiger partial charge on any atom is 0.191 e. The molecule has 0 bridgehead atoms. The maximum absolute atomic E-state index is 10.5. The number of guanidine groups is 1. The first-order valence-electron chi connectivity index (χ1n) is 8.59. The molecule has 2 saturated heterocycles. The molecule has 0 saturated carbocycles. The van der Waals surface area contributed by atoms with E-state index in [0.29, 0.717) is 12.6 Å². The average molecular weight is 353 g/mol. The van der Waals surface area contributed by atoms with Crippen LogP contribution in [-0.4, -0.2) is 70.7 Å². The van der Waals surface area contributed by atoms with Gasteiger partial charge in [-0.1, -0.05) is 0 Å². The quantitative estimate of drug-likeness (QED) is 0.539. The van der Waals surface area contributed by atoms with Gasteiger partial charge in [0.05, 0.1) is 17.5 Å². The second-order valence-corrected chi connectivity index (χ2v) is 7.86. The lowest BCUT2D eigenvalue weighted by Gasteiger charge is -2.35. The number of aryl methyl sites for hydroxylation is 1. The van der Waals surface area contributed by atoms with Gasteiger partial charge in [-0.15, -0.1) is 0 Å². The topological polar surface area (TPSA) is 77.7 Å². The van der Waals surface area contributed by atoms with E-state index >= 15 is 0 Å². The highest BCUT2D eigenvalue weighted by Gasteiger charge is 2.32. The van der Waals surface area contributed by atoms with Gasteiger partial charge in [0.2, 0.25) is 0 Å². The number of rotatable bonds is 4. The van der Waals surface area contributed by atoms with Gasteiger partial charge in [0.15, 0.2) is 5.96 Å². The summed E-state index contributed by atoms with van der Waals surface area (Å²) < 4.78 is 1.84. The third kappa shape index (κ3) is 4.36. The Morgan fingerprint density at radius 2 is 2.46 bits per heavy atom. The van der Waals surface area contributed by atoms with Crippen molar-refractivity contribution in [3.05, 3.63) is 12.4 Å². The van der Waals surface area contributed by atoms with Crippen molar-refractivity contribution >= 4 is 23.4 Å². The van der Waals surface area contributed by atoms with Crippen LogP contribution < -0.4 is 15.5 Å². The molecule has 3 N–H and O–H groups in total. The normalized spacial score (nSPS) is 28.2. The molecule has 2 fully saturated rings. The SMILES string of the molecule is CN=C(NCC1(O)CCSC1)NC1CCCN(c2cnn(C)c2)C1.